The number of hydrogen-bond acceptors (Lipinski definition) is 3. The Morgan fingerprint density at radius 1 is 1.38 bits per heavy atom. The summed E-state index contributed by atoms with van der Waals surface area (Å²) in [6, 6.07) is 1.25. The van der Waals surface area contributed by atoms with Gasteiger partial charge < -0.3 is 5.11 Å². The summed E-state index contributed by atoms with van der Waals surface area (Å²) in [5.74, 6) is 0. The van der Waals surface area contributed by atoms with Gasteiger partial charge in [0.15, 0.2) is 0 Å². The van der Waals surface area contributed by atoms with Crippen molar-refractivity contribution < 1.29 is 9.90 Å². The standard InChI is InChI=1S/C7H15NOSi.C2H6O/c1-10(2,3)6-4-5-8-7-9;1-2-3/h4-6H2,1-3H3;3H,2H2,1H3. The number of carbonyl (C=O) groups excluding carboxylic acids is 1. The van der Waals surface area contributed by atoms with Crippen LogP contribution in [0.4, 0.5) is 0 Å². The number of nitrogens with zero attached hydrogens (tertiary/aromatic N) is 1. The topological polar surface area (TPSA) is 49.7 Å². The minimum atomic E-state index is -0.897. The Labute approximate surface area is 81.9 Å². The maximum absolute atomic E-state index is 9.65. The van der Waals surface area contributed by atoms with Crippen LogP contribution in [-0.4, -0.2) is 32.4 Å². The molecule has 0 aliphatic rings. The number of aliphatic hydroxyl groups excluding tert-OH is 1. The Kier molecular flexibility index (Phi) is 11.2. The Morgan fingerprint density at radius 3 is 2.15 bits per heavy atom. The first-order valence-corrected chi connectivity index (χ1v) is 8.33. The average Bonchev–Trinajstić information content (AvgIpc) is 1.98. The Bertz CT molecular complexity index is 148. The molecule has 0 spiro atoms. The molecule has 78 valence electrons. The van der Waals surface area contributed by atoms with Crippen molar-refractivity contribution in [3.63, 3.8) is 0 Å². The van der Waals surface area contributed by atoms with Gasteiger partial charge in [-0.2, -0.15) is 0 Å². The lowest BCUT2D eigenvalue weighted by Gasteiger charge is -2.13. The normalized spacial score (nSPS) is 9.62. The van der Waals surface area contributed by atoms with Gasteiger partial charge in [-0.1, -0.05) is 25.7 Å². The van der Waals surface area contributed by atoms with Gasteiger partial charge in [0.2, 0.25) is 6.08 Å². The summed E-state index contributed by atoms with van der Waals surface area (Å²) >= 11 is 0. The zero-order valence-corrected chi connectivity index (χ0v) is 10.1. The fourth-order valence-corrected chi connectivity index (χ4v) is 1.95. The number of isocyanates is 1. The van der Waals surface area contributed by atoms with E-state index in [2.05, 4.69) is 24.6 Å². The summed E-state index contributed by atoms with van der Waals surface area (Å²) in [6.45, 7) is 9.54. The van der Waals surface area contributed by atoms with Gasteiger partial charge >= 0.3 is 0 Å². The van der Waals surface area contributed by atoms with E-state index in [0.717, 1.165) is 6.42 Å². The number of rotatable bonds is 4. The van der Waals surface area contributed by atoms with Crippen LogP contribution < -0.4 is 0 Å². The van der Waals surface area contributed by atoms with Crippen molar-refractivity contribution in [1.29, 1.82) is 0 Å². The predicted molar refractivity (Wildman–Crippen MR) is 58.5 cm³/mol. The summed E-state index contributed by atoms with van der Waals surface area (Å²) in [4.78, 5) is 13.1. The van der Waals surface area contributed by atoms with E-state index < -0.39 is 8.07 Å². The molecule has 0 unspecified atom stereocenters. The van der Waals surface area contributed by atoms with E-state index in [9.17, 15) is 4.79 Å². The van der Waals surface area contributed by atoms with E-state index in [0.29, 0.717) is 6.54 Å². The quantitative estimate of drug-likeness (QED) is 0.329. The first-order chi connectivity index (χ1) is 5.97. The van der Waals surface area contributed by atoms with Crippen LogP contribution in [0.2, 0.25) is 25.7 Å². The summed E-state index contributed by atoms with van der Waals surface area (Å²) < 4.78 is 0. The SMILES string of the molecule is CCO.C[Si](C)(C)CCCN=C=O. The highest BCUT2D eigenvalue weighted by Crippen LogP contribution is 2.10. The lowest BCUT2D eigenvalue weighted by Crippen LogP contribution is -2.18. The molecule has 0 aromatic carbocycles. The molecule has 4 heteroatoms. The van der Waals surface area contributed by atoms with Gasteiger partial charge in [0.05, 0.1) is 6.54 Å². The van der Waals surface area contributed by atoms with Gasteiger partial charge in [0.25, 0.3) is 0 Å². The fourth-order valence-electron chi connectivity index (χ4n) is 0.734. The molecule has 0 fully saturated rings. The van der Waals surface area contributed by atoms with Crippen LogP contribution in [-0.2, 0) is 4.79 Å². The molecule has 0 aromatic heterocycles. The minimum Gasteiger partial charge on any atom is -0.397 e. The van der Waals surface area contributed by atoms with Gasteiger partial charge in [-0.15, -0.1) is 0 Å². The van der Waals surface area contributed by atoms with Crippen LogP contribution in [0, 0.1) is 0 Å². The fraction of sp³-hybridized carbons (Fsp3) is 0.889. The van der Waals surface area contributed by atoms with Crippen molar-refractivity contribution >= 4 is 14.2 Å². The van der Waals surface area contributed by atoms with E-state index in [-0.39, 0.29) is 6.61 Å². The number of aliphatic hydroxyl groups is 1. The molecule has 0 saturated heterocycles. The van der Waals surface area contributed by atoms with Crippen molar-refractivity contribution in [2.45, 2.75) is 39.0 Å². The Morgan fingerprint density at radius 2 is 1.85 bits per heavy atom. The third-order valence-corrected chi connectivity index (χ3v) is 3.11. The molecule has 0 heterocycles. The third-order valence-electron chi connectivity index (χ3n) is 1.26. The molecule has 13 heavy (non-hydrogen) atoms. The van der Waals surface area contributed by atoms with Crippen LogP contribution in [0.15, 0.2) is 4.99 Å². The van der Waals surface area contributed by atoms with E-state index in [1.165, 1.54) is 6.04 Å². The highest BCUT2D eigenvalue weighted by atomic mass is 28.3. The smallest absolute Gasteiger partial charge is 0.234 e. The second-order valence-electron chi connectivity index (χ2n) is 3.95. The molecule has 0 atom stereocenters. The van der Waals surface area contributed by atoms with Gasteiger partial charge in [0.1, 0.15) is 0 Å². The lowest BCUT2D eigenvalue weighted by atomic mass is 10.5. The molecular formula is C9H21NO2Si. The predicted octanol–water partition coefficient (Wildman–Crippen LogP) is 2.05. The molecule has 0 saturated carbocycles. The van der Waals surface area contributed by atoms with E-state index >= 15 is 0 Å². The summed E-state index contributed by atoms with van der Waals surface area (Å²) in [5, 5.41) is 7.57. The highest BCUT2D eigenvalue weighted by Gasteiger charge is 2.10. The maximum Gasteiger partial charge on any atom is 0.234 e. The second-order valence-corrected chi connectivity index (χ2v) is 9.57. The second kappa shape index (κ2) is 9.64. The zero-order chi connectivity index (χ0) is 10.7. The molecule has 0 radical (unpaired) electrons. The van der Waals surface area contributed by atoms with Gasteiger partial charge in [-0.05, 0) is 13.3 Å². The van der Waals surface area contributed by atoms with Crippen molar-refractivity contribution in [2.24, 2.45) is 4.99 Å². The molecule has 0 aliphatic heterocycles. The minimum absolute atomic E-state index is 0.250. The number of hydrogen-bond donors (Lipinski definition) is 1. The van der Waals surface area contributed by atoms with Gasteiger partial charge in [-0.25, -0.2) is 9.79 Å². The summed E-state index contributed by atoms with van der Waals surface area (Å²) in [6.07, 6.45) is 2.59. The van der Waals surface area contributed by atoms with Crippen molar-refractivity contribution in [3.8, 4) is 0 Å². The molecule has 3 nitrogen and oxygen atoms in total. The molecule has 0 amide bonds. The monoisotopic (exact) mass is 203 g/mol. The van der Waals surface area contributed by atoms with Crippen LogP contribution in [0.3, 0.4) is 0 Å². The van der Waals surface area contributed by atoms with Crippen LogP contribution in [0.25, 0.3) is 0 Å². The van der Waals surface area contributed by atoms with Gasteiger partial charge in [0, 0.05) is 14.7 Å². The maximum atomic E-state index is 9.65. The van der Waals surface area contributed by atoms with E-state index in [1.54, 1.807) is 13.0 Å². The third kappa shape index (κ3) is 24.6. The average molecular weight is 203 g/mol. The van der Waals surface area contributed by atoms with Crippen LogP contribution >= 0.6 is 0 Å². The van der Waals surface area contributed by atoms with Crippen molar-refractivity contribution in [1.82, 2.24) is 0 Å². The van der Waals surface area contributed by atoms with Crippen molar-refractivity contribution in [3.05, 3.63) is 0 Å². The van der Waals surface area contributed by atoms with Gasteiger partial charge in [-0.3, -0.25) is 0 Å². The Hall–Kier alpha value is -0.443. The van der Waals surface area contributed by atoms with Crippen LogP contribution in [0.5, 0.6) is 0 Å². The van der Waals surface area contributed by atoms with E-state index in [4.69, 9.17) is 5.11 Å². The molecule has 0 rings (SSSR count). The van der Waals surface area contributed by atoms with E-state index in [1.807, 2.05) is 0 Å². The van der Waals surface area contributed by atoms with Crippen LogP contribution in [0.1, 0.15) is 13.3 Å². The zero-order valence-electron chi connectivity index (χ0n) is 9.13. The lowest BCUT2D eigenvalue weighted by molar-refractivity contribution is 0.318. The van der Waals surface area contributed by atoms with Crippen molar-refractivity contribution in [2.75, 3.05) is 13.2 Å². The number of aliphatic imine (C=N–C) groups is 1. The molecule has 0 aromatic rings. The largest absolute Gasteiger partial charge is 0.397 e. The Balaban J connectivity index is 0. The molecule has 0 aliphatic carbocycles. The first kappa shape index (κ1) is 15.0. The summed E-state index contributed by atoms with van der Waals surface area (Å²) in [5.41, 5.74) is 0. The first-order valence-electron chi connectivity index (χ1n) is 4.62. The molecule has 0 bridgehead atoms. The molecular weight excluding hydrogens is 182 g/mol. The highest BCUT2D eigenvalue weighted by molar-refractivity contribution is 6.76. The molecule has 1 N–H and O–H groups in total. The summed E-state index contributed by atoms with van der Waals surface area (Å²) in [7, 11) is -0.897.